The first-order chi connectivity index (χ1) is 11.0. The lowest BCUT2D eigenvalue weighted by Crippen LogP contribution is -2.27. The molecule has 3 N–H and O–H groups in total. The molecule has 1 aromatic heterocycles. The summed E-state index contributed by atoms with van der Waals surface area (Å²) in [6.45, 7) is 4.32. The number of carbonyl (C=O) groups is 1. The van der Waals surface area contributed by atoms with Gasteiger partial charge in [-0.3, -0.25) is 4.98 Å². The van der Waals surface area contributed by atoms with Crippen LogP contribution in [-0.4, -0.2) is 33.8 Å². The van der Waals surface area contributed by atoms with Crippen LogP contribution in [0.1, 0.15) is 35.9 Å². The zero-order chi connectivity index (χ0) is 16.8. The molecule has 23 heavy (non-hydrogen) atoms. The first-order valence-corrected chi connectivity index (χ1v) is 7.34. The number of hydrogen-bond donors (Lipinski definition) is 3. The molecule has 0 saturated carbocycles. The predicted molar refractivity (Wildman–Crippen MR) is 85.4 cm³/mol. The second-order valence-electron chi connectivity index (χ2n) is 5.44. The number of nitrogens with one attached hydrogen (secondary N) is 1. The van der Waals surface area contributed by atoms with Gasteiger partial charge >= 0.3 is 5.97 Å². The third-order valence-corrected chi connectivity index (χ3v) is 3.19. The standard InChI is InChI=1S/C17H20N2O4/c1-11(2)19-10-15(21)12-5-6-16(14(20)8-12)23-17(22)13-4-3-7-18-9-13/h3-9,11,15,19-21H,10H2,1-2H3. The van der Waals surface area contributed by atoms with Crippen LogP contribution in [-0.2, 0) is 0 Å². The smallest absolute Gasteiger partial charge is 0.345 e. The molecule has 6 nitrogen and oxygen atoms in total. The Labute approximate surface area is 134 Å². The lowest BCUT2D eigenvalue weighted by molar-refractivity contribution is 0.0729. The van der Waals surface area contributed by atoms with E-state index in [-0.39, 0.29) is 23.1 Å². The summed E-state index contributed by atoms with van der Waals surface area (Å²) in [6.07, 6.45) is 2.18. The van der Waals surface area contributed by atoms with E-state index in [1.54, 1.807) is 24.4 Å². The average molecular weight is 316 g/mol. The van der Waals surface area contributed by atoms with Crippen molar-refractivity contribution >= 4 is 5.97 Å². The molecule has 1 aromatic carbocycles. The molecule has 1 atom stereocenters. The Kier molecular flexibility index (Phi) is 5.67. The Balaban J connectivity index is 2.06. The third-order valence-electron chi connectivity index (χ3n) is 3.19. The first kappa shape index (κ1) is 16.9. The number of aliphatic hydroxyl groups excluding tert-OH is 1. The molecule has 6 heteroatoms. The number of pyridine rings is 1. The van der Waals surface area contributed by atoms with Gasteiger partial charge in [-0.15, -0.1) is 0 Å². The molecular formula is C17H20N2O4. The number of aliphatic hydroxyl groups is 1. The van der Waals surface area contributed by atoms with Gasteiger partial charge in [0, 0.05) is 25.0 Å². The summed E-state index contributed by atoms with van der Waals surface area (Å²) >= 11 is 0. The van der Waals surface area contributed by atoms with Crippen LogP contribution in [0.25, 0.3) is 0 Å². The monoisotopic (exact) mass is 316 g/mol. The van der Waals surface area contributed by atoms with Crippen molar-refractivity contribution in [2.24, 2.45) is 0 Å². The Hall–Kier alpha value is -2.44. The Morgan fingerprint density at radius 2 is 2.13 bits per heavy atom. The van der Waals surface area contributed by atoms with Gasteiger partial charge in [0.05, 0.1) is 11.7 Å². The van der Waals surface area contributed by atoms with Crippen molar-refractivity contribution < 1.29 is 19.7 Å². The highest BCUT2D eigenvalue weighted by Crippen LogP contribution is 2.29. The van der Waals surface area contributed by atoms with Gasteiger partial charge in [0.15, 0.2) is 11.5 Å². The summed E-state index contributed by atoms with van der Waals surface area (Å²) in [5, 5.41) is 23.2. The lowest BCUT2D eigenvalue weighted by atomic mass is 10.1. The van der Waals surface area contributed by atoms with E-state index in [9.17, 15) is 15.0 Å². The van der Waals surface area contributed by atoms with Crippen molar-refractivity contribution in [3.63, 3.8) is 0 Å². The number of esters is 1. The van der Waals surface area contributed by atoms with Crippen molar-refractivity contribution in [1.29, 1.82) is 0 Å². The van der Waals surface area contributed by atoms with Gasteiger partial charge in [0.2, 0.25) is 0 Å². The summed E-state index contributed by atoms with van der Waals surface area (Å²) in [5.41, 5.74) is 0.828. The second-order valence-corrected chi connectivity index (χ2v) is 5.44. The summed E-state index contributed by atoms with van der Waals surface area (Å²) in [7, 11) is 0. The Morgan fingerprint density at radius 1 is 1.35 bits per heavy atom. The van der Waals surface area contributed by atoms with E-state index in [1.807, 2.05) is 13.8 Å². The van der Waals surface area contributed by atoms with Crippen LogP contribution in [0.15, 0.2) is 42.7 Å². The van der Waals surface area contributed by atoms with Crippen molar-refractivity contribution in [3.05, 3.63) is 53.9 Å². The molecule has 0 aliphatic carbocycles. The number of aromatic nitrogens is 1. The van der Waals surface area contributed by atoms with Crippen LogP contribution in [0.4, 0.5) is 0 Å². The number of rotatable bonds is 6. The van der Waals surface area contributed by atoms with E-state index in [0.29, 0.717) is 12.1 Å². The van der Waals surface area contributed by atoms with Crippen LogP contribution >= 0.6 is 0 Å². The van der Waals surface area contributed by atoms with Crippen LogP contribution in [0.5, 0.6) is 11.5 Å². The summed E-state index contributed by atoms with van der Waals surface area (Å²) in [6, 6.07) is 7.89. The molecular weight excluding hydrogens is 296 g/mol. The zero-order valence-corrected chi connectivity index (χ0v) is 13.1. The summed E-state index contributed by atoms with van der Waals surface area (Å²) in [5.74, 6) is -0.780. The number of nitrogens with zero attached hydrogens (tertiary/aromatic N) is 1. The zero-order valence-electron chi connectivity index (χ0n) is 13.1. The molecule has 0 aliphatic heterocycles. The third kappa shape index (κ3) is 4.77. The highest BCUT2D eigenvalue weighted by atomic mass is 16.5. The molecule has 2 rings (SSSR count). The maximum absolute atomic E-state index is 11.9. The fourth-order valence-corrected chi connectivity index (χ4v) is 1.94. The van der Waals surface area contributed by atoms with Gasteiger partial charge in [-0.05, 0) is 29.8 Å². The quantitative estimate of drug-likeness (QED) is 0.558. The minimum absolute atomic E-state index is 0.0339. The molecule has 122 valence electrons. The SMILES string of the molecule is CC(C)NCC(O)c1ccc(OC(=O)c2cccnc2)c(O)c1. The van der Waals surface area contributed by atoms with E-state index < -0.39 is 12.1 Å². The van der Waals surface area contributed by atoms with Crippen molar-refractivity contribution in [3.8, 4) is 11.5 Å². The van der Waals surface area contributed by atoms with E-state index in [4.69, 9.17) is 4.74 Å². The minimum Gasteiger partial charge on any atom is -0.504 e. The van der Waals surface area contributed by atoms with Gasteiger partial charge in [-0.2, -0.15) is 0 Å². The molecule has 2 aromatic rings. The van der Waals surface area contributed by atoms with Gasteiger partial charge < -0.3 is 20.3 Å². The fraction of sp³-hybridized carbons (Fsp3) is 0.294. The van der Waals surface area contributed by atoms with Gasteiger partial charge in [0.1, 0.15) is 0 Å². The topological polar surface area (TPSA) is 91.7 Å². The fourth-order valence-electron chi connectivity index (χ4n) is 1.94. The van der Waals surface area contributed by atoms with Gasteiger partial charge in [-0.25, -0.2) is 4.79 Å². The Bertz CT molecular complexity index is 659. The Morgan fingerprint density at radius 3 is 2.74 bits per heavy atom. The number of benzene rings is 1. The molecule has 0 aliphatic rings. The van der Waals surface area contributed by atoms with Crippen molar-refractivity contribution in [1.82, 2.24) is 10.3 Å². The number of aromatic hydroxyl groups is 1. The number of phenolic OH excluding ortho intramolecular Hbond substituents is 1. The molecule has 0 radical (unpaired) electrons. The lowest BCUT2D eigenvalue weighted by Gasteiger charge is -2.15. The number of phenols is 1. The van der Waals surface area contributed by atoms with E-state index in [0.717, 1.165) is 0 Å². The minimum atomic E-state index is -0.758. The van der Waals surface area contributed by atoms with Gasteiger partial charge in [0.25, 0.3) is 0 Å². The summed E-state index contributed by atoms with van der Waals surface area (Å²) < 4.78 is 5.14. The molecule has 0 bridgehead atoms. The van der Waals surface area contributed by atoms with E-state index >= 15 is 0 Å². The second kappa shape index (κ2) is 7.71. The highest BCUT2D eigenvalue weighted by Gasteiger charge is 2.15. The normalized spacial score (nSPS) is 12.2. The highest BCUT2D eigenvalue weighted by molar-refractivity contribution is 5.90. The van der Waals surface area contributed by atoms with Crippen molar-refractivity contribution in [2.75, 3.05) is 6.54 Å². The maximum Gasteiger partial charge on any atom is 0.345 e. The number of carbonyl (C=O) groups excluding carboxylic acids is 1. The number of hydrogen-bond acceptors (Lipinski definition) is 6. The first-order valence-electron chi connectivity index (χ1n) is 7.34. The summed E-state index contributed by atoms with van der Waals surface area (Å²) in [4.78, 5) is 15.8. The van der Waals surface area contributed by atoms with Crippen LogP contribution < -0.4 is 10.1 Å². The van der Waals surface area contributed by atoms with Crippen molar-refractivity contribution in [2.45, 2.75) is 26.0 Å². The molecule has 1 unspecified atom stereocenters. The molecule has 0 fully saturated rings. The van der Waals surface area contributed by atoms with E-state index in [1.165, 1.54) is 18.3 Å². The number of ether oxygens (including phenoxy) is 1. The largest absolute Gasteiger partial charge is 0.504 e. The van der Waals surface area contributed by atoms with Crippen LogP contribution in [0.3, 0.4) is 0 Å². The molecule has 0 saturated heterocycles. The average Bonchev–Trinajstić information content (AvgIpc) is 2.55. The molecule has 1 heterocycles. The van der Waals surface area contributed by atoms with Crippen LogP contribution in [0, 0.1) is 0 Å². The van der Waals surface area contributed by atoms with Crippen LogP contribution in [0.2, 0.25) is 0 Å². The maximum atomic E-state index is 11.9. The molecule has 0 amide bonds. The van der Waals surface area contributed by atoms with Gasteiger partial charge in [-0.1, -0.05) is 19.9 Å². The predicted octanol–water partition coefficient (Wildman–Crippen LogP) is 2.04. The molecule has 0 spiro atoms. The van der Waals surface area contributed by atoms with E-state index in [2.05, 4.69) is 10.3 Å².